The fraction of sp³-hybridized carbons (Fsp3) is 0.143. The van der Waals surface area contributed by atoms with E-state index >= 15 is 0 Å². The van der Waals surface area contributed by atoms with Crippen molar-refractivity contribution in [2.75, 3.05) is 0 Å². The van der Waals surface area contributed by atoms with Gasteiger partial charge in [0.1, 0.15) is 6.26 Å². The summed E-state index contributed by atoms with van der Waals surface area (Å²) in [7, 11) is 0. The van der Waals surface area contributed by atoms with Crippen molar-refractivity contribution in [2.24, 2.45) is 0 Å². The molecule has 0 spiro atoms. The number of fused-ring (bicyclic) bond motifs is 1. The van der Waals surface area contributed by atoms with Crippen molar-refractivity contribution in [1.82, 2.24) is 9.97 Å². The Bertz CT molecular complexity index is 440. The summed E-state index contributed by atoms with van der Waals surface area (Å²) < 4.78 is 5.98. The van der Waals surface area contributed by atoms with Gasteiger partial charge < -0.3 is 4.42 Å². The van der Waals surface area contributed by atoms with Gasteiger partial charge in [-0.3, -0.25) is 0 Å². The minimum Gasteiger partial charge on any atom is -0.445 e. The molecule has 2 heterocycles. The molecule has 0 atom stereocenters. The summed E-state index contributed by atoms with van der Waals surface area (Å²) >= 11 is 8.96. The second-order valence-electron chi connectivity index (χ2n) is 2.34. The van der Waals surface area contributed by atoms with Crippen LogP contribution in [0.3, 0.4) is 0 Å². The molecule has 62 valence electrons. The molecule has 3 nitrogen and oxygen atoms in total. The predicted octanol–water partition coefficient (Wildman–Crippen LogP) is 2.95. The minimum atomic E-state index is 0.210. The lowest BCUT2D eigenvalue weighted by molar-refractivity contribution is 0.600. The number of aromatic nitrogens is 2. The number of hydrogen-bond donors (Lipinski definition) is 0. The third-order valence-corrected chi connectivity index (χ3v) is 2.29. The van der Waals surface area contributed by atoms with Gasteiger partial charge in [-0.2, -0.15) is 4.98 Å². The zero-order valence-corrected chi connectivity index (χ0v) is 8.48. The maximum absolute atomic E-state index is 5.64. The third-order valence-electron chi connectivity index (χ3n) is 1.54. The van der Waals surface area contributed by atoms with E-state index in [0.717, 1.165) is 15.6 Å². The molecule has 0 saturated carbocycles. The smallest absolute Gasteiger partial charge is 0.231 e. The summed E-state index contributed by atoms with van der Waals surface area (Å²) in [6.45, 7) is 1.86. The molecule has 0 amide bonds. The van der Waals surface area contributed by atoms with Crippen molar-refractivity contribution in [1.29, 1.82) is 0 Å². The van der Waals surface area contributed by atoms with Crippen LogP contribution < -0.4 is 0 Å². The van der Waals surface area contributed by atoms with Crippen LogP contribution in [-0.4, -0.2) is 9.97 Å². The Balaban J connectivity index is 2.93. The Hall–Kier alpha value is -0.610. The van der Waals surface area contributed by atoms with Crippen molar-refractivity contribution >= 4 is 38.6 Å². The lowest BCUT2D eigenvalue weighted by Crippen LogP contribution is -1.86. The first-order valence-corrected chi connectivity index (χ1v) is 4.42. The highest BCUT2D eigenvalue weighted by molar-refractivity contribution is 9.10. The number of rotatable bonds is 0. The van der Waals surface area contributed by atoms with E-state index in [-0.39, 0.29) is 5.28 Å². The molecule has 0 fully saturated rings. The van der Waals surface area contributed by atoms with Gasteiger partial charge in [0, 0.05) is 0 Å². The van der Waals surface area contributed by atoms with E-state index in [4.69, 9.17) is 16.0 Å². The second-order valence-corrected chi connectivity index (χ2v) is 3.53. The van der Waals surface area contributed by atoms with Crippen LogP contribution in [-0.2, 0) is 0 Å². The summed E-state index contributed by atoms with van der Waals surface area (Å²) in [4.78, 5) is 7.91. The summed E-state index contributed by atoms with van der Waals surface area (Å²) in [6, 6.07) is 0. The van der Waals surface area contributed by atoms with E-state index in [2.05, 4.69) is 25.9 Å². The minimum absolute atomic E-state index is 0.210. The first-order valence-electron chi connectivity index (χ1n) is 3.25. The molecule has 2 aromatic heterocycles. The van der Waals surface area contributed by atoms with E-state index in [0.29, 0.717) is 5.71 Å². The molecule has 0 aliphatic carbocycles. The molecule has 0 unspecified atom stereocenters. The van der Waals surface area contributed by atoms with Gasteiger partial charge in [-0.15, -0.1) is 0 Å². The molecular formula is C7H4BrClN2O. The Kier molecular flexibility index (Phi) is 1.81. The number of halogens is 2. The Morgan fingerprint density at radius 2 is 2.25 bits per heavy atom. The fourth-order valence-corrected chi connectivity index (χ4v) is 1.79. The number of hydrogen-bond acceptors (Lipinski definition) is 3. The lowest BCUT2D eigenvalue weighted by Gasteiger charge is -1.94. The van der Waals surface area contributed by atoms with Crippen LogP contribution in [0, 0.1) is 6.92 Å². The Morgan fingerprint density at radius 1 is 1.50 bits per heavy atom. The quantitative estimate of drug-likeness (QED) is 0.672. The maximum Gasteiger partial charge on any atom is 0.231 e. The maximum atomic E-state index is 5.64. The molecule has 0 saturated heterocycles. The standard InChI is InChI=1S/C7H4BrClN2O/c1-3-5-4(8)2-12-6(5)11-7(9)10-3/h2H,1H3. The average molecular weight is 247 g/mol. The Labute approximate surface area is 81.9 Å². The molecule has 0 bridgehead atoms. The molecule has 12 heavy (non-hydrogen) atoms. The molecule has 0 aliphatic heterocycles. The van der Waals surface area contributed by atoms with E-state index in [1.165, 1.54) is 0 Å². The summed E-state index contributed by atoms with van der Waals surface area (Å²) in [5.74, 6) is 0. The number of aryl methyl sites for hydroxylation is 1. The zero-order valence-electron chi connectivity index (χ0n) is 6.14. The second kappa shape index (κ2) is 2.71. The van der Waals surface area contributed by atoms with Crippen molar-refractivity contribution in [3.63, 3.8) is 0 Å². The van der Waals surface area contributed by atoms with Gasteiger partial charge in [0.05, 0.1) is 15.6 Å². The SMILES string of the molecule is Cc1nc(Cl)nc2occ(Br)c12. The highest BCUT2D eigenvalue weighted by atomic mass is 79.9. The number of nitrogens with zero attached hydrogens (tertiary/aromatic N) is 2. The van der Waals surface area contributed by atoms with E-state index in [1.807, 2.05) is 6.92 Å². The molecule has 5 heteroatoms. The monoisotopic (exact) mass is 246 g/mol. The Morgan fingerprint density at radius 3 is 3.00 bits per heavy atom. The third kappa shape index (κ3) is 1.11. The van der Waals surface area contributed by atoms with Crippen molar-refractivity contribution in [3.8, 4) is 0 Å². The van der Waals surface area contributed by atoms with Crippen LogP contribution in [0.4, 0.5) is 0 Å². The van der Waals surface area contributed by atoms with E-state index in [1.54, 1.807) is 6.26 Å². The van der Waals surface area contributed by atoms with Crippen molar-refractivity contribution in [2.45, 2.75) is 6.92 Å². The molecule has 0 radical (unpaired) electrons. The van der Waals surface area contributed by atoms with E-state index in [9.17, 15) is 0 Å². The van der Waals surface area contributed by atoms with Crippen LogP contribution in [0.25, 0.3) is 11.1 Å². The summed E-state index contributed by atoms with van der Waals surface area (Å²) in [6.07, 6.45) is 1.57. The van der Waals surface area contributed by atoms with Crippen LogP contribution in [0.1, 0.15) is 5.69 Å². The first-order chi connectivity index (χ1) is 5.68. The largest absolute Gasteiger partial charge is 0.445 e. The molecule has 0 aromatic carbocycles. The van der Waals surface area contributed by atoms with Gasteiger partial charge in [-0.1, -0.05) is 0 Å². The van der Waals surface area contributed by atoms with Gasteiger partial charge in [0.15, 0.2) is 0 Å². The molecule has 0 N–H and O–H groups in total. The normalized spacial score (nSPS) is 10.9. The molecule has 0 aliphatic rings. The van der Waals surface area contributed by atoms with Gasteiger partial charge >= 0.3 is 0 Å². The predicted molar refractivity (Wildman–Crippen MR) is 49.3 cm³/mol. The van der Waals surface area contributed by atoms with Gasteiger partial charge in [-0.25, -0.2) is 4.98 Å². The summed E-state index contributed by atoms with van der Waals surface area (Å²) in [5.41, 5.74) is 1.32. The van der Waals surface area contributed by atoms with Crippen molar-refractivity contribution in [3.05, 3.63) is 21.7 Å². The van der Waals surface area contributed by atoms with Crippen LogP contribution in [0.5, 0.6) is 0 Å². The fourth-order valence-electron chi connectivity index (χ4n) is 1.04. The molecular weight excluding hydrogens is 243 g/mol. The molecule has 2 aromatic rings. The van der Waals surface area contributed by atoms with Gasteiger partial charge in [-0.05, 0) is 34.5 Å². The molecule has 2 rings (SSSR count). The zero-order chi connectivity index (χ0) is 8.72. The summed E-state index contributed by atoms with van der Waals surface area (Å²) in [5, 5.41) is 1.08. The number of furan rings is 1. The highest BCUT2D eigenvalue weighted by Crippen LogP contribution is 2.27. The van der Waals surface area contributed by atoms with Crippen LogP contribution >= 0.6 is 27.5 Å². The van der Waals surface area contributed by atoms with Gasteiger partial charge in [0.25, 0.3) is 0 Å². The topological polar surface area (TPSA) is 38.9 Å². The highest BCUT2D eigenvalue weighted by Gasteiger charge is 2.09. The lowest BCUT2D eigenvalue weighted by atomic mass is 10.3. The van der Waals surface area contributed by atoms with Crippen molar-refractivity contribution < 1.29 is 4.42 Å². The van der Waals surface area contributed by atoms with Crippen LogP contribution in [0.2, 0.25) is 5.28 Å². The first kappa shape index (κ1) is 8.01. The van der Waals surface area contributed by atoms with Crippen LogP contribution in [0.15, 0.2) is 15.2 Å². The van der Waals surface area contributed by atoms with Gasteiger partial charge in [0.2, 0.25) is 11.0 Å². The van der Waals surface area contributed by atoms with E-state index < -0.39 is 0 Å². The average Bonchev–Trinajstić information content (AvgIpc) is 2.31.